The van der Waals surface area contributed by atoms with Gasteiger partial charge in [-0.1, -0.05) is 25.1 Å². The first-order valence-corrected chi connectivity index (χ1v) is 5.89. The fourth-order valence-electron chi connectivity index (χ4n) is 2.02. The van der Waals surface area contributed by atoms with E-state index in [1.54, 1.807) is 0 Å². The zero-order valence-electron chi connectivity index (χ0n) is 10.2. The minimum Gasteiger partial charge on any atom is -0.309 e. The number of aryl methyl sites for hydroxylation is 1. The van der Waals surface area contributed by atoms with E-state index in [0.717, 1.165) is 18.7 Å². The Balaban J connectivity index is 2.37. The molecule has 1 aromatic carbocycles. The van der Waals surface area contributed by atoms with Gasteiger partial charge in [-0.2, -0.15) is 5.10 Å². The molecular weight excluding hydrogens is 198 g/mol. The Bertz CT molecular complexity index is 473. The maximum Gasteiger partial charge on any atom is 0.0869 e. The fraction of sp³-hybridized carbons (Fsp3) is 0.462. The lowest BCUT2D eigenvalue weighted by Crippen LogP contribution is -2.20. The third kappa shape index (κ3) is 1.95. The first-order chi connectivity index (χ1) is 7.74. The van der Waals surface area contributed by atoms with Gasteiger partial charge in [-0.05, 0) is 26.0 Å². The van der Waals surface area contributed by atoms with Crippen LogP contribution < -0.4 is 5.32 Å². The molecule has 0 amide bonds. The maximum absolute atomic E-state index is 4.60. The Kier molecular flexibility index (Phi) is 3.25. The zero-order valence-corrected chi connectivity index (χ0v) is 10.2. The average Bonchev–Trinajstić information content (AvgIpc) is 2.65. The summed E-state index contributed by atoms with van der Waals surface area (Å²) in [4.78, 5) is 0. The van der Waals surface area contributed by atoms with Gasteiger partial charge in [-0.25, -0.2) is 0 Å². The number of fused-ring (bicyclic) bond motifs is 1. The van der Waals surface area contributed by atoms with E-state index in [1.807, 2.05) is 11.7 Å². The minimum atomic E-state index is 0.311. The van der Waals surface area contributed by atoms with Crippen molar-refractivity contribution in [3.8, 4) is 0 Å². The minimum absolute atomic E-state index is 0.311. The molecule has 0 aliphatic rings. The molecule has 0 spiro atoms. The highest BCUT2D eigenvalue weighted by molar-refractivity contribution is 5.82. The molecule has 16 heavy (non-hydrogen) atoms. The molecule has 0 aliphatic heterocycles. The van der Waals surface area contributed by atoms with Crippen molar-refractivity contribution in [1.29, 1.82) is 0 Å². The predicted molar refractivity (Wildman–Crippen MR) is 67.4 cm³/mol. The van der Waals surface area contributed by atoms with E-state index < -0.39 is 0 Å². The molecule has 0 bridgehead atoms. The van der Waals surface area contributed by atoms with Crippen molar-refractivity contribution in [2.45, 2.75) is 26.3 Å². The van der Waals surface area contributed by atoms with E-state index >= 15 is 0 Å². The number of nitrogens with one attached hydrogen (secondary N) is 1. The zero-order chi connectivity index (χ0) is 11.5. The first-order valence-electron chi connectivity index (χ1n) is 5.89. The van der Waals surface area contributed by atoms with Crippen LogP contribution in [0.4, 0.5) is 0 Å². The highest BCUT2D eigenvalue weighted by Crippen LogP contribution is 2.22. The summed E-state index contributed by atoms with van der Waals surface area (Å²) in [7, 11) is 2.00. The summed E-state index contributed by atoms with van der Waals surface area (Å²) in [6, 6.07) is 8.68. The van der Waals surface area contributed by atoms with Gasteiger partial charge in [0.05, 0.1) is 11.2 Å². The topological polar surface area (TPSA) is 29.9 Å². The van der Waals surface area contributed by atoms with Crippen LogP contribution in [0.1, 0.15) is 32.0 Å². The summed E-state index contributed by atoms with van der Waals surface area (Å²) in [5.74, 6) is 0. The number of para-hydroxylation sites is 1. The van der Waals surface area contributed by atoms with E-state index in [4.69, 9.17) is 0 Å². The van der Waals surface area contributed by atoms with Crippen molar-refractivity contribution >= 4 is 10.9 Å². The molecule has 0 saturated carbocycles. The van der Waals surface area contributed by atoms with Crippen molar-refractivity contribution in [2.24, 2.45) is 7.05 Å². The summed E-state index contributed by atoms with van der Waals surface area (Å²) in [5.41, 5.74) is 2.34. The van der Waals surface area contributed by atoms with Gasteiger partial charge in [0.2, 0.25) is 0 Å². The van der Waals surface area contributed by atoms with Crippen LogP contribution in [0.25, 0.3) is 10.9 Å². The largest absolute Gasteiger partial charge is 0.309 e. The fourth-order valence-corrected chi connectivity index (χ4v) is 2.02. The molecule has 3 nitrogen and oxygen atoms in total. The van der Waals surface area contributed by atoms with Crippen LogP contribution in [0.15, 0.2) is 24.3 Å². The van der Waals surface area contributed by atoms with Crippen LogP contribution in [-0.2, 0) is 7.05 Å². The van der Waals surface area contributed by atoms with Gasteiger partial charge in [0.1, 0.15) is 0 Å². The van der Waals surface area contributed by atoms with Gasteiger partial charge in [0, 0.05) is 18.5 Å². The van der Waals surface area contributed by atoms with Crippen molar-refractivity contribution < 1.29 is 0 Å². The van der Waals surface area contributed by atoms with Gasteiger partial charge in [0.25, 0.3) is 0 Å². The third-order valence-electron chi connectivity index (χ3n) is 2.90. The normalized spacial score (nSPS) is 13.2. The monoisotopic (exact) mass is 217 g/mol. The number of rotatable bonds is 4. The molecule has 3 heteroatoms. The number of hydrogen-bond acceptors (Lipinski definition) is 2. The van der Waals surface area contributed by atoms with Crippen LogP contribution in [0.5, 0.6) is 0 Å². The van der Waals surface area contributed by atoms with Gasteiger partial charge in [-0.3, -0.25) is 4.68 Å². The highest BCUT2D eigenvalue weighted by Gasteiger charge is 2.13. The van der Waals surface area contributed by atoms with E-state index in [1.165, 1.54) is 10.9 Å². The Labute approximate surface area is 96.5 Å². The first kappa shape index (κ1) is 11.1. The van der Waals surface area contributed by atoms with E-state index in [0.29, 0.717) is 6.04 Å². The van der Waals surface area contributed by atoms with Gasteiger partial charge >= 0.3 is 0 Å². The van der Waals surface area contributed by atoms with Crippen molar-refractivity contribution in [1.82, 2.24) is 15.1 Å². The summed E-state index contributed by atoms with van der Waals surface area (Å²) in [6.45, 7) is 5.38. The Morgan fingerprint density at radius 2 is 2.12 bits per heavy atom. The molecular formula is C13H19N3. The molecule has 1 atom stereocenters. The molecule has 0 radical (unpaired) electrons. The number of nitrogens with zero attached hydrogens (tertiary/aromatic N) is 2. The van der Waals surface area contributed by atoms with E-state index in [-0.39, 0.29) is 0 Å². The lowest BCUT2D eigenvalue weighted by molar-refractivity contribution is 0.552. The summed E-state index contributed by atoms with van der Waals surface area (Å²) in [6.07, 6.45) is 1.15. The van der Waals surface area contributed by atoms with E-state index in [9.17, 15) is 0 Å². The van der Waals surface area contributed by atoms with Gasteiger partial charge in [0.15, 0.2) is 0 Å². The molecule has 2 rings (SSSR count). The summed E-state index contributed by atoms with van der Waals surface area (Å²) >= 11 is 0. The predicted octanol–water partition coefficient (Wildman–Crippen LogP) is 2.63. The number of aromatic nitrogens is 2. The number of hydrogen-bond donors (Lipinski definition) is 1. The van der Waals surface area contributed by atoms with Crippen molar-refractivity contribution in [3.05, 3.63) is 30.0 Å². The Morgan fingerprint density at radius 1 is 1.38 bits per heavy atom. The average molecular weight is 217 g/mol. The second-order valence-electron chi connectivity index (χ2n) is 4.20. The van der Waals surface area contributed by atoms with Crippen LogP contribution in [0, 0.1) is 0 Å². The molecule has 0 fully saturated rings. The standard InChI is InChI=1S/C13H19N3/c1-4-9-14-10(2)13-11-7-5-6-8-12(11)16(3)15-13/h5-8,10,14H,4,9H2,1-3H3. The van der Waals surface area contributed by atoms with Crippen molar-refractivity contribution in [3.63, 3.8) is 0 Å². The molecule has 1 N–H and O–H groups in total. The number of benzene rings is 1. The van der Waals surface area contributed by atoms with Crippen LogP contribution in [0.3, 0.4) is 0 Å². The highest BCUT2D eigenvalue weighted by atomic mass is 15.3. The maximum atomic E-state index is 4.60. The van der Waals surface area contributed by atoms with Crippen molar-refractivity contribution in [2.75, 3.05) is 6.54 Å². The molecule has 86 valence electrons. The van der Waals surface area contributed by atoms with Crippen LogP contribution in [-0.4, -0.2) is 16.3 Å². The lowest BCUT2D eigenvalue weighted by Gasteiger charge is -2.10. The molecule has 2 aromatic rings. The van der Waals surface area contributed by atoms with Gasteiger partial charge in [-0.15, -0.1) is 0 Å². The quantitative estimate of drug-likeness (QED) is 0.853. The Morgan fingerprint density at radius 3 is 2.88 bits per heavy atom. The third-order valence-corrected chi connectivity index (χ3v) is 2.90. The smallest absolute Gasteiger partial charge is 0.0869 e. The molecule has 0 saturated heterocycles. The Hall–Kier alpha value is -1.35. The molecule has 1 aromatic heterocycles. The summed E-state index contributed by atoms with van der Waals surface area (Å²) in [5, 5.41) is 9.33. The second kappa shape index (κ2) is 4.66. The summed E-state index contributed by atoms with van der Waals surface area (Å²) < 4.78 is 1.95. The van der Waals surface area contributed by atoms with Crippen LogP contribution >= 0.6 is 0 Å². The second-order valence-corrected chi connectivity index (χ2v) is 4.20. The lowest BCUT2D eigenvalue weighted by atomic mass is 10.1. The molecule has 1 unspecified atom stereocenters. The van der Waals surface area contributed by atoms with Crippen LogP contribution in [0.2, 0.25) is 0 Å². The molecule has 1 heterocycles. The molecule has 0 aliphatic carbocycles. The van der Waals surface area contributed by atoms with E-state index in [2.05, 4.69) is 48.5 Å². The van der Waals surface area contributed by atoms with Gasteiger partial charge < -0.3 is 5.32 Å². The SMILES string of the molecule is CCCNC(C)c1nn(C)c2ccccc12.